The molecule has 0 rings (SSSR count). The molecule has 0 N–H and O–H groups in total. The van der Waals surface area contributed by atoms with Crippen LogP contribution in [0.5, 0.6) is 0 Å². The van der Waals surface area contributed by atoms with Gasteiger partial charge >= 0.3 is 17.9 Å². The average molecular weight is 1150 g/mol. The maximum atomic E-state index is 13.0. The minimum atomic E-state index is -0.802. The van der Waals surface area contributed by atoms with Gasteiger partial charge in [-0.2, -0.15) is 0 Å². The molecule has 0 fully saturated rings. The Balaban J connectivity index is 4.47. The van der Waals surface area contributed by atoms with E-state index in [1.165, 1.54) is 122 Å². The van der Waals surface area contributed by atoms with Gasteiger partial charge in [-0.25, -0.2) is 0 Å². The number of hydrogen-bond acceptors (Lipinski definition) is 6. The van der Waals surface area contributed by atoms with Gasteiger partial charge in [-0.05, 0) is 141 Å². The summed E-state index contributed by atoms with van der Waals surface area (Å²) < 4.78 is 17.0. The fourth-order valence-electron chi connectivity index (χ4n) is 9.23. The number of rotatable bonds is 61. The van der Waals surface area contributed by atoms with E-state index < -0.39 is 6.10 Å². The van der Waals surface area contributed by atoms with E-state index in [9.17, 15) is 14.4 Å². The third-order valence-corrected chi connectivity index (χ3v) is 14.3. The van der Waals surface area contributed by atoms with E-state index >= 15 is 0 Å². The Kier molecular flexibility index (Phi) is 65.8. The molecule has 1 unspecified atom stereocenters. The molecule has 0 saturated heterocycles. The van der Waals surface area contributed by atoms with Crippen LogP contribution in [0, 0.1) is 0 Å². The van der Waals surface area contributed by atoms with Crippen molar-refractivity contribution >= 4 is 17.9 Å². The zero-order valence-electron chi connectivity index (χ0n) is 53.9. The smallest absolute Gasteiger partial charge is 0.306 e. The fraction of sp³-hybridized carbons (Fsp3) is 0.649. The monoisotopic (exact) mass is 1150 g/mol. The van der Waals surface area contributed by atoms with Gasteiger partial charge in [0.05, 0.1) is 0 Å². The Morgan fingerprint density at radius 1 is 0.253 bits per heavy atom. The molecule has 0 aromatic carbocycles. The highest BCUT2D eigenvalue weighted by molar-refractivity contribution is 5.71. The van der Waals surface area contributed by atoms with Gasteiger partial charge in [-0.15, -0.1) is 0 Å². The van der Waals surface area contributed by atoms with Crippen molar-refractivity contribution in [3.05, 3.63) is 146 Å². The molecule has 0 aliphatic carbocycles. The van der Waals surface area contributed by atoms with Crippen LogP contribution in [0.25, 0.3) is 0 Å². The quantitative estimate of drug-likeness (QED) is 0.0261. The Labute approximate surface area is 512 Å². The normalized spacial score (nSPS) is 13.0. The Morgan fingerprint density at radius 2 is 0.470 bits per heavy atom. The molecular weight excluding hydrogens is 1020 g/mol. The summed E-state index contributed by atoms with van der Waals surface area (Å²) in [7, 11) is 0. The summed E-state index contributed by atoms with van der Waals surface area (Å²) in [6, 6.07) is 0. The molecule has 0 aromatic rings. The summed E-state index contributed by atoms with van der Waals surface area (Å²) in [5, 5.41) is 0. The lowest BCUT2D eigenvalue weighted by Crippen LogP contribution is -2.30. The molecule has 0 spiro atoms. The summed E-state index contributed by atoms with van der Waals surface area (Å²) in [5.74, 6) is -0.923. The maximum absolute atomic E-state index is 13.0. The van der Waals surface area contributed by atoms with Crippen LogP contribution in [0.3, 0.4) is 0 Å². The summed E-state index contributed by atoms with van der Waals surface area (Å²) >= 11 is 0. The molecule has 6 heteroatoms. The first kappa shape index (κ1) is 78.3. The highest BCUT2D eigenvalue weighted by Crippen LogP contribution is 2.16. The molecule has 0 radical (unpaired) electrons. The highest BCUT2D eigenvalue weighted by atomic mass is 16.6. The van der Waals surface area contributed by atoms with Crippen LogP contribution in [-0.4, -0.2) is 37.2 Å². The van der Waals surface area contributed by atoms with Crippen molar-refractivity contribution in [3.63, 3.8) is 0 Å². The lowest BCUT2D eigenvalue weighted by molar-refractivity contribution is -0.167. The molecule has 0 aliphatic heterocycles. The second-order valence-corrected chi connectivity index (χ2v) is 22.3. The van der Waals surface area contributed by atoms with Crippen LogP contribution >= 0.6 is 0 Å². The molecule has 0 aliphatic rings. The topological polar surface area (TPSA) is 78.9 Å². The summed E-state index contributed by atoms with van der Waals surface area (Å²) in [4.78, 5) is 38.5. The van der Waals surface area contributed by atoms with Crippen molar-refractivity contribution < 1.29 is 28.6 Å². The largest absolute Gasteiger partial charge is 0.462 e. The van der Waals surface area contributed by atoms with Crippen LogP contribution in [-0.2, 0) is 28.6 Å². The Morgan fingerprint density at radius 3 is 0.735 bits per heavy atom. The average Bonchev–Trinajstić information content (AvgIpc) is 3.49. The zero-order chi connectivity index (χ0) is 59.9. The van der Waals surface area contributed by atoms with Crippen LogP contribution in [0.15, 0.2) is 146 Å². The lowest BCUT2D eigenvalue weighted by Gasteiger charge is -2.18. The minimum Gasteiger partial charge on any atom is -0.462 e. The SMILES string of the molecule is CC/C=C\C/C=C\C/C=C\C/C=C\C/C=C\C/C=C\CCCCCCC(=O)OCC(COC(=O)CCCCCCCCCCC/C=C\C/C=C\CCCCC)OC(=O)CCCCCCCCCCCC/C=C\C/C=C\C/C=C\C/C=C\CC. The third-order valence-electron chi connectivity index (χ3n) is 14.3. The lowest BCUT2D eigenvalue weighted by atomic mass is 10.0. The predicted octanol–water partition coefficient (Wildman–Crippen LogP) is 23.9. The van der Waals surface area contributed by atoms with E-state index in [1.54, 1.807) is 0 Å². The van der Waals surface area contributed by atoms with E-state index in [-0.39, 0.29) is 31.1 Å². The van der Waals surface area contributed by atoms with Gasteiger partial charge in [0.2, 0.25) is 0 Å². The number of carbonyl (C=O) groups is 3. The number of hydrogen-bond donors (Lipinski definition) is 0. The number of carbonyl (C=O) groups excluding carboxylic acids is 3. The molecule has 0 aromatic heterocycles. The van der Waals surface area contributed by atoms with E-state index in [0.717, 1.165) is 141 Å². The van der Waals surface area contributed by atoms with Gasteiger partial charge in [0.25, 0.3) is 0 Å². The molecule has 0 heterocycles. The van der Waals surface area contributed by atoms with Crippen LogP contribution in [0.2, 0.25) is 0 Å². The summed E-state index contributed by atoms with van der Waals surface area (Å²) in [5.41, 5.74) is 0. The molecule has 470 valence electrons. The van der Waals surface area contributed by atoms with Crippen molar-refractivity contribution in [2.75, 3.05) is 13.2 Å². The molecule has 0 amide bonds. The van der Waals surface area contributed by atoms with Crippen LogP contribution in [0.1, 0.15) is 303 Å². The van der Waals surface area contributed by atoms with E-state index in [1.807, 2.05) is 0 Å². The predicted molar refractivity (Wildman–Crippen MR) is 362 cm³/mol. The third kappa shape index (κ3) is 68.0. The first-order valence-electron chi connectivity index (χ1n) is 34.3. The second kappa shape index (κ2) is 69.8. The van der Waals surface area contributed by atoms with Crippen molar-refractivity contribution in [1.82, 2.24) is 0 Å². The van der Waals surface area contributed by atoms with Gasteiger partial charge in [-0.3, -0.25) is 14.4 Å². The number of unbranched alkanes of at least 4 members (excludes halogenated alkanes) is 26. The van der Waals surface area contributed by atoms with Gasteiger partial charge < -0.3 is 14.2 Å². The Hall–Kier alpha value is -4.71. The molecule has 1 atom stereocenters. The van der Waals surface area contributed by atoms with Crippen LogP contribution < -0.4 is 0 Å². The standard InChI is InChI=1S/C77H126O6/c1-4-7-10-13-16-19-22-25-28-31-34-36-38-40-43-46-49-52-55-58-61-64-67-70-76(79)82-73-74(72-81-75(78)69-66-63-60-57-54-51-48-45-42-33-30-27-24-21-18-15-12-9-6-3)83-77(80)71-68-65-62-59-56-53-50-47-44-41-39-37-35-32-29-26-23-20-17-14-11-8-5-2/h7-8,10-11,16-21,25-30,34-37,40,43,49,52,74H,4-6,9,12-15,22-24,31-33,38-39,41-42,44-48,50-51,53-73H2,1-3H3/b10-7-,11-8-,19-16-,20-17-,21-18-,28-25-,29-26-,30-27-,36-34-,37-35-,43-40-,52-49-. The summed E-state index contributed by atoms with van der Waals surface area (Å²) in [6.07, 6.45) is 99.9. The second-order valence-electron chi connectivity index (χ2n) is 22.3. The molecule has 83 heavy (non-hydrogen) atoms. The number of ether oxygens (including phenoxy) is 3. The number of allylic oxidation sites excluding steroid dienone is 24. The first-order valence-corrected chi connectivity index (χ1v) is 34.3. The highest BCUT2D eigenvalue weighted by Gasteiger charge is 2.19. The molecular formula is C77H126O6. The van der Waals surface area contributed by atoms with E-state index in [4.69, 9.17) is 14.2 Å². The van der Waals surface area contributed by atoms with Crippen molar-refractivity contribution in [2.24, 2.45) is 0 Å². The minimum absolute atomic E-state index is 0.0944. The van der Waals surface area contributed by atoms with Crippen LogP contribution in [0.4, 0.5) is 0 Å². The van der Waals surface area contributed by atoms with Crippen molar-refractivity contribution in [1.29, 1.82) is 0 Å². The first-order chi connectivity index (χ1) is 41.0. The Bertz CT molecular complexity index is 1800. The van der Waals surface area contributed by atoms with Gasteiger partial charge in [0.1, 0.15) is 13.2 Å². The van der Waals surface area contributed by atoms with E-state index in [2.05, 4.69) is 167 Å². The van der Waals surface area contributed by atoms with Crippen molar-refractivity contribution in [3.8, 4) is 0 Å². The maximum Gasteiger partial charge on any atom is 0.306 e. The van der Waals surface area contributed by atoms with Gasteiger partial charge in [0.15, 0.2) is 6.10 Å². The molecule has 0 saturated carbocycles. The molecule has 6 nitrogen and oxygen atoms in total. The van der Waals surface area contributed by atoms with E-state index in [0.29, 0.717) is 19.3 Å². The molecule has 0 bridgehead atoms. The fourth-order valence-corrected chi connectivity index (χ4v) is 9.23. The van der Waals surface area contributed by atoms with Gasteiger partial charge in [0, 0.05) is 19.3 Å². The zero-order valence-corrected chi connectivity index (χ0v) is 53.9. The van der Waals surface area contributed by atoms with Gasteiger partial charge in [-0.1, -0.05) is 289 Å². The number of esters is 3. The van der Waals surface area contributed by atoms with Crippen molar-refractivity contribution in [2.45, 2.75) is 309 Å². The summed E-state index contributed by atoms with van der Waals surface area (Å²) in [6.45, 7) is 6.38.